The van der Waals surface area contributed by atoms with Crippen molar-refractivity contribution in [3.63, 3.8) is 0 Å². The van der Waals surface area contributed by atoms with E-state index in [0.717, 1.165) is 27.4 Å². The Labute approximate surface area is 140 Å². The number of nitrogens with one attached hydrogen (secondary N) is 2. The summed E-state index contributed by atoms with van der Waals surface area (Å²) in [5, 5.41) is 14.8. The predicted octanol–water partition coefficient (Wildman–Crippen LogP) is 3.97. The molecule has 0 aromatic heterocycles. The van der Waals surface area contributed by atoms with E-state index in [0.29, 0.717) is 5.75 Å². The Morgan fingerprint density at radius 3 is 2.52 bits per heavy atom. The first-order chi connectivity index (χ1) is 11.1. The number of aryl methyl sites for hydroxylation is 2. The average Bonchev–Trinajstić information content (AvgIpc) is 2.53. The van der Waals surface area contributed by atoms with Crippen LogP contribution in [0, 0.1) is 25.2 Å². The van der Waals surface area contributed by atoms with Gasteiger partial charge in [0.05, 0.1) is 24.1 Å². The third-order valence-electron chi connectivity index (χ3n) is 3.36. The lowest BCUT2D eigenvalue weighted by molar-refractivity contribution is -0.114. The Morgan fingerprint density at radius 1 is 1.13 bits per heavy atom. The van der Waals surface area contributed by atoms with E-state index in [1.807, 2.05) is 56.3 Å². The van der Waals surface area contributed by atoms with Crippen molar-refractivity contribution in [2.75, 3.05) is 22.9 Å². The summed E-state index contributed by atoms with van der Waals surface area (Å²) >= 11 is 1.41. The van der Waals surface area contributed by atoms with Gasteiger partial charge in [0.25, 0.3) is 0 Å². The van der Waals surface area contributed by atoms with Crippen LogP contribution in [0.1, 0.15) is 11.1 Å². The number of hydrogen-bond donors (Lipinski definition) is 2. The van der Waals surface area contributed by atoms with Gasteiger partial charge in [0.15, 0.2) is 0 Å². The first-order valence-electron chi connectivity index (χ1n) is 7.30. The lowest BCUT2D eigenvalue weighted by Crippen LogP contribution is -2.22. The van der Waals surface area contributed by atoms with Crippen LogP contribution in [0.25, 0.3) is 0 Å². The zero-order chi connectivity index (χ0) is 16.7. The van der Waals surface area contributed by atoms with Crippen LogP contribution >= 0.6 is 11.8 Å². The van der Waals surface area contributed by atoms with E-state index in [4.69, 9.17) is 5.26 Å². The molecule has 118 valence electrons. The van der Waals surface area contributed by atoms with Gasteiger partial charge >= 0.3 is 0 Å². The van der Waals surface area contributed by atoms with E-state index in [9.17, 15) is 4.79 Å². The Hall–Kier alpha value is -2.45. The fraction of sp³-hybridized carbons (Fsp3) is 0.222. The fourth-order valence-corrected chi connectivity index (χ4v) is 2.93. The van der Waals surface area contributed by atoms with E-state index in [1.165, 1.54) is 11.8 Å². The molecule has 4 nitrogen and oxygen atoms in total. The Balaban J connectivity index is 1.99. The number of amides is 1. The molecule has 0 heterocycles. The molecule has 2 aromatic rings. The van der Waals surface area contributed by atoms with Crippen molar-refractivity contribution in [1.82, 2.24) is 0 Å². The van der Waals surface area contributed by atoms with Crippen LogP contribution in [0.15, 0.2) is 47.4 Å². The molecule has 23 heavy (non-hydrogen) atoms. The molecular formula is C18H19N3OS. The normalized spacial score (nSPS) is 9.96. The minimum Gasteiger partial charge on any atom is -0.376 e. The summed E-state index contributed by atoms with van der Waals surface area (Å²) < 4.78 is 0. The van der Waals surface area contributed by atoms with Crippen LogP contribution < -0.4 is 10.6 Å². The van der Waals surface area contributed by atoms with Gasteiger partial charge in [-0.3, -0.25) is 4.79 Å². The monoisotopic (exact) mass is 325 g/mol. The van der Waals surface area contributed by atoms with Crippen molar-refractivity contribution in [2.24, 2.45) is 0 Å². The van der Waals surface area contributed by atoms with E-state index in [1.54, 1.807) is 0 Å². The van der Waals surface area contributed by atoms with Gasteiger partial charge in [-0.15, -0.1) is 11.8 Å². The molecule has 2 aromatic carbocycles. The van der Waals surface area contributed by atoms with E-state index in [-0.39, 0.29) is 12.5 Å². The third-order valence-corrected chi connectivity index (χ3v) is 4.30. The molecule has 0 atom stereocenters. The van der Waals surface area contributed by atoms with Crippen molar-refractivity contribution < 1.29 is 4.79 Å². The maximum Gasteiger partial charge on any atom is 0.243 e. The quantitative estimate of drug-likeness (QED) is 0.789. The van der Waals surface area contributed by atoms with Crippen LogP contribution in [0.2, 0.25) is 0 Å². The number of nitriles is 1. The summed E-state index contributed by atoms with van der Waals surface area (Å²) in [6.45, 7) is 4.23. The number of nitrogens with zero attached hydrogens (tertiary/aromatic N) is 1. The fourth-order valence-electron chi connectivity index (χ4n) is 2.26. The number of rotatable bonds is 6. The maximum absolute atomic E-state index is 12.2. The zero-order valence-electron chi connectivity index (χ0n) is 13.2. The predicted molar refractivity (Wildman–Crippen MR) is 95.8 cm³/mol. The molecule has 0 aliphatic heterocycles. The molecule has 2 rings (SSSR count). The minimum absolute atomic E-state index is 0.113. The van der Waals surface area contributed by atoms with Crippen LogP contribution in [0.5, 0.6) is 0 Å². The van der Waals surface area contributed by atoms with Gasteiger partial charge in [0, 0.05) is 10.6 Å². The largest absolute Gasteiger partial charge is 0.376 e. The van der Waals surface area contributed by atoms with Crippen molar-refractivity contribution in [1.29, 1.82) is 5.26 Å². The van der Waals surface area contributed by atoms with Gasteiger partial charge in [-0.2, -0.15) is 5.26 Å². The first kappa shape index (κ1) is 16.9. The lowest BCUT2D eigenvalue weighted by Gasteiger charge is -2.13. The number of hydrogen-bond acceptors (Lipinski definition) is 4. The van der Waals surface area contributed by atoms with Gasteiger partial charge < -0.3 is 10.6 Å². The topological polar surface area (TPSA) is 64.9 Å². The molecule has 0 saturated heterocycles. The summed E-state index contributed by atoms with van der Waals surface area (Å²) in [4.78, 5) is 13.1. The standard InChI is InChI=1S/C18H19N3OS/c1-13-6-5-7-14(2)18(13)20-12-17(22)21-15-8-3-4-9-16(15)23-11-10-19/h3-9,20H,11-12H2,1-2H3,(H,21,22). The molecule has 0 spiro atoms. The highest BCUT2D eigenvalue weighted by molar-refractivity contribution is 7.99. The number of benzene rings is 2. The number of anilines is 2. The zero-order valence-corrected chi connectivity index (χ0v) is 14.0. The molecular weight excluding hydrogens is 306 g/mol. The molecule has 0 radical (unpaired) electrons. The number of para-hydroxylation sites is 2. The number of thioether (sulfide) groups is 1. The maximum atomic E-state index is 12.2. The van der Waals surface area contributed by atoms with Gasteiger partial charge in [-0.05, 0) is 37.1 Å². The molecule has 0 unspecified atom stereocenters. The second-order valence-corrected chi connectivity index (χ2v) is 6.13. The summed E-state index contributed by atoms with van der Waals surface area (Å²) in [5.41, 5.74) is 3.96. The van der Waals surface area contributed by atoms with Crippen molar-refractivity contribution in [3.8, 4) is 6.07 Å². The van der Waals surface area contributed by atoms with Crippen LogP contribution in [-0.4, -0.2) is 18.2 Å². The Kier molecular flexibility index (Phi) is 6.07. The number of carbonyl (C=O) groups is 1. The summed E-state index contributed by atoms with van der Waals surface area (Å²) in [6.07, 6.45) is 0. The molecule has 0 saturated carbocycles. The minimum atomic E-state index is -0.113. The molecule has 0 aliphatic rings. The lowest BCUT2D eigenvalue weighted by atomic mass is 10.1. The molecule has 1 amide bonds. The van der Waals surface area contributed by atoms with Crippen LogP contribution in [0.3, 0.4) is 0 Å². The molecule has 0 aliphatic carbocycles. The second kappa shape index (κ2) is 8.25. The smallest absolute Gasteiger partial charge is 0.243 e. The van der Waals surface area contributed by atoms with Crippen LogP contribution in [-0.2, 0) is 4.79 Å². The summed E-state index contributed by atoms with van der Waals surface area (Å²) in [6, 6.07) is 15.6. The third kappa shape index (κ3) is 4.76. The van der Waals surface area contributed by atoms with Crippen molar-refractivity contribution >= 4 is 29.0 Å². The Morgan fingerprint density at radius 2 is 1.83 bits per heavy atom. The molecule has 0 fully saturated rings. The SMILES string of the molecule is Cc1cccc(C)c1NCC(=O)Nc1ccccc1SCC#N. The van der Waals surface area contributed by atoms with E-state index < -0.39 is 0 Å². The first-order valence-corrected chi connectivity index (χ1v) is 8.29. The highest BCUT2D eigenvalue weighted by atomic mass is 32.2. The molecule has 0 bridgehead atoms. The average molecular weight is 325 g/mol. The summed E-state index contributed by atoms with van der Waals surface area (Å²) in [7, 11) is 0. The van der Waals surface area contributed by atoms with Gasteiger partial charge in [0.1, 0.15) is 0 Å². The van der Waals surface area contributed by atoms with Gasteiger partial charge in [0.2, 0.25) is 5.91 Å². The highest BCUT2D eigenvalue weighted by Gasteiger charge is 2.08. The Bertz CT molecular complexity index is 717. The van der Waals surface area contributed by atoms with Crippen molar-refractivity contribution in [3.05, 3.63) is 53.6 Å². The van der Waals surface area contributed by atoms with Crippen LogP contribution in [0.4, 0.5) is 11.4 Å². The van der Waals surface area contributed by atoms with Gasteiger partial charge in [-0.25, -0.2) is 0 Å². The van der Waals surface area contributed by atoms with E-state index >= 15 is 0 Å². The molecule has 5 heteroatoms. The van der Waals surface area contributed by atoms with E-state index in [2.05, 4.69) is 16.7 Å². The second-order valence-electron chi connectivity index (χ2n) is 5.11. The number of carbonyl (C=O) groups excluding carboxylic acids is 1. The van der Waals surface area contributed by atoms with Crippen molar-refractivity contribution in [2.45, 2.75) is 18.7 Å². The molecule has 2 N–H and O–H groups in total. The highest BCUT2D eigenvalue weighted by Crippen LogP contribution is 2.26. The van der Waals surface area contributed by atoms with Gasteiger partial charge in [-0.1, -0.05) is 30.3 Å². The summed E-state index contributed by atoms with van der Waals surface area (Å²) in [5.74, 6) is 0.241.